The minimum absolute atomic E-state index is 0.130. The third kappa shape index (κ3) is 3.35. The van der Waals surface area contributed by atoms with Crippen LogP contribution >= 0.6 is 0 Å². The van der Waals surface area contributed by atoms with Crippen molar-refractivity contribution in [1.82, 2.24) is 9.97 Å². The van der Waals surface area contributed by atoms with Crippen LogP contribution in [-0.4, -0.2) is 23.3 Å². The first-order valence-corrected chi connectivity index (χ1v) is 8.79. The average Bonchev–Trinajstić information content (AvgIpc) is 2.59. The number of nitrogens with zero attached hydrogens (tertiary/aromatic N) is 2. The van der Waals surface area contributed by atoms with Gasteiger partial charge in [0.15, 0.2) is 11.6 Å². The molecule has 5 nitrogen and oxygen atoms in total. The topological polar surface area (TPSA) is 68.1 Å². The van der Waals surface area contributed by atoms with E-state index >= 15 is 0 Å². The van der Waals surface area contributed by atoms with Gasteiger partial charge in [0.25, 0.3) is 0 Å². The highest BCUT2D eigenvalue weighted by Gasteiger charge is 2.11. The summed E-state index contributed by atoms with van der Waals surface area (Å²) in [7, 11) is 0.845. The minimum atomic E-state index is -0.561. The van der Waals surface area contributed by atoms with Crippen molar-refractivity contribution >= 4 is 21.6 Å². The molecule has 0 bridgehead atoms. The number of aromatic nitrogens is 2. The molecule has 0 aliphatic rings. The van der Waals surface area contributed by atoms with E-state index in [-0.39, 0.29) is 12.4 Å². The largest absolute Gasteiger partial charge is 0.494 e. The maximum atomic E-state index is 13.9. The highest BCUT2D eigenvalue weighted by molar-refractivity contribution is 7.85. The van der Waals surface area contributed by atoms with Gasteiger partial charge in [-0.05, 0) is 30.0 Å². The smallest absolute Gasteiger partial charge is 0.224 e. The second-order valence-corrected chi connectivity index (χ2v) is 6.62. The predicted octanol–water partition coefficient (Wildman–Crippen LogP) is 3.73. The van der Waals surface area contributed by atoms with Crippen molar-refractivity contribution in [1.29, 1.82) is 4.78 Å². The number of hydrogen-bond acceptors (Lipinski definition) is 5. The van der Waals surface area contributed by atoms with E-state index in [4.69, 9.17) is 14.3 Å². The molecule has 1 aromatic heterocycles. The van der Waals surface area contributed by atoms with Gasteiger partial charge in [0.1, 0.15) is 12.9 Å². The zero-order chi connectivity index (χ0) is 17.1. The van der Waals surface area contributed by atoms with Crippen LogP contribution in [0, 0.1) is 10.6 Å². The zero-order valence-corrected chi connectivity index (χ0v) is 14.1. The summed E-state index contributed by atoms with van der Waals surface area (Å²) in [6.45, 7) is 0.283. The number of halogens is 1. The lowest BCUT2D eigenvalue weighted by atomic mass is 10.2. The maximum Gasteiger partial charge on any atom is 0.224 e. The highest BCUT2D eigenvalue weighted by Crippen LogP contribution is 2.28. The molecule has 3 aromatic rings. The van der Waals surface area contributed by atoms with Crippen molar-refractivity contribution in [2.75, 3.05) is 13.4 Å². The van der Waals surface area contributed by atoms with E-state index in [0.717, 1.165) is 10.5 Å². The molecule has 0 fully saturated rings. The molecule has 24 heavy (non-hydrogen) atoms. The molecule has 124 valence electrons. The third-order valence-electron chi connectivity index (χ3n) is 3.50. The minimum Gasteiger partial charge on any atom is -0.494 e. The molecular weight excluding hydrogens is 329 g/mol. The molecule has 7 heteroatoms. The van der Waals surface area contributed by atoms with Crippen LogP contribution in [-0.2, 0) is 17.3 Å². The highest BCUT2D eigenvalue weighted by atomic mass is 32.2. The molecule has 1 heterocycles. The second-order valence-electron chi connectivity index (χ2n) is 5.13. The van der Waals surface area contributed by atoms with Crippen LogP contribution in [0.25, 0.3) is 10.9 Å². The van der Waals surface area contributed by atoms with Gasteiger partial charge in [-0.3, -0.25) is 4.78 Å². The Labute approximate surface area is 141 Å². The van der Waals surface area contributed by atoms with Crippen molar-refractivity contribution < 1.29 is 13.9 Å². The Balaban J connectivity index is 1.89. The number of fused-ring (bicyclic) bond motifs is 1. The van der Waals surface area contributed by atoms with Crippen LogP contribution in [0.1, 0.15) is 5.56 Å². The number of hydrogen-bond donors (Lipinski definition) is 1. The van der Waals surface area contributed by atoms with Gasteiger partial charge < -0.3 is 9.47 Å². The fourth-order valence-electron chi connectivity index (χ4n) is 2.28. The summed E-state index contributed by atoms with van der Waals surface area (Å²) in [6, 6.07) is 10.5. The van der Waals surface area contributed by atoms with Crippen molar-refractivity contribution in [3.05, 3.63) is 54.1 Å². The van der Waals surface area contributed by atoms with Crippen LogP contribution in [0.3, 0.4) is 0 Å². The van der Waals surface area contributed by atoms with Crippen LogP contribution in [0.2, 0.25) is 0 Å². The summed E-state index contributed by atoms with van der Waals surface area (Å²) in [5, 5.41) is 0.489. The molecular formula is C17H16FN3O2S. The van der Waals surface area contributed by atoms with Crippen LogP contribution in [0.4, 0.5) is 4.39 Å². The Morgan fingerprint density at radius 3 is 2.79 bits per heavy atom. The van der Waals surface area contributed by atoms with Gasteiger partial charge in [0.05, 0.1) is 18.0 Å². The molecule has 0 radical (unpaired) electrons. The molecule has 0 aliphatic carbocycles. The summed E-state index contributed by atoms with van der Waals surface area (Å²) < 4.78 is 32.5. The summed E-state index contributed by atoms with van der Waals surface area (Å²) in [5.74, 6) is -0.0468. The zero-order valence-electron chi connectivity index (χ0n) is 13.2. The van der Waals surface area contributed by atoms with E-state index in [0.29, 0.717) is 16.8 Å². The number of rotatable bonds is 5. The van der Waals surface area contributed by atoms with Crippen LogP contribution in [0.15, 0.2) is 47.6 Å². The molecule has 1 atom stereocenters. The summed E-state index contributed by atoms with van der Waals surface area (Å²) >= 11 is 0. The molecule has 0 amide bonds. The lowest BCUT2D eigenvalue weighted by molar-refractivity contribution is 0.297. The van der Waals surface area contributed by atoms with Crippen LogP contribution < -0.4 is 9.47 Å². The molecule has 0 aliphatic heterocycles. The number of nitrogens with one attached hydrogen (secondary N) is 1. The fourth-order valence-corrected chi connectivity index (χ4v) is 2.89. The lowest BCUT2D eigenvalue weighted by Crippen LogP contribution is -2.00. The Hall–Kier alpha value is -2.54. The first kappa shape index (κ1) is 16.3. The fraction of sp³-hybridized carbons (Fsp3) is 0.176. The summed E-state index contributed by atoms with van der Waals surface area (Å²) in [6.07, 6.45) is 3.22. The van der Waals surface area contributed by atoms with Crippen molar-refractivity contribution in [2.24, 2.45) is 0 Å². The summed E-state index contributed by atoms with van der Waals surface area (Å²) in [5.41, 5.74) is 1.48. The molecule has 1 N–H and O–H groups in total. The van der Waals surface area contributed by atoms with Crippen molar-refractivity contribution in [3.8, 4) is 11.6 Å². The van der Waals surface area contributed by atoms with Gasteiger partial charge in [0, 0.05) is 11.0 Å². The average molecular weight is 345 g/mol. The Morgan fingerprint density at radius 1 is 1.21 bits per heavy atom. The van der Waals surface area contributed by atoms with E-state index in [1.165, 1.54) is 25.6 Å². The summed E-state index contributed by atoms with van der Waals surface area (Å²) in [4.78, 5) is 9.17. The van der Waals surface area contributed by atoms with Crippen LogP contribution in [0.5, 0.6) is 11.6 Å². The molecule has 0 spiro atoms. The van der Waals surface area contributed by atoms with Gasteiger partial charge >= 0.3 is 0 Å². The van der Waals surface area contributed by atoms with E-state index < -0.39 is 16.5 Å². The van der Waals surface area contributed by atoms with E-state index in [9.17, 15) is 4.39 Å². The standard InChI is InChI=1S/C17H16FN3O2S/c1-22-16-8-15-13(7-14(16)18)17(21-10-20-15)23-9-11-4-3-5-12(6-11)24(2)19/h3-8,10,19H,9H2,1-2H3. The maximum absolute atomic E-state index is 13.9. The SMILES string of the molecule is COc1cc2ncnc(OCc3cccc(S(C)=N)c3)c2cc1F. The van der Waals surface area contributed by atoms with E-state index in [1.807, 2.05) is 30.5 Å². The Kier molecular flexibility index (Phi) is 4.71. The van der Waals surface area contributed by atoms with Gasteiger partial charge in [0.2, 0.25) is 5.88 Å². The second kappa shape index (κ2) is 6.92. The molecule has 1 unspecified atom stereocenters. The Morgan fingerprint density at radius 2 is 2.04 bits per heavy atom. The van der Waals surface area contributed by atoms with E-state index in [2.05, 4.69) is 9.97 Å². The molecule has 0 saturated heterocycles. The number of benzene rings is 2. The van der Waals surface area contributed by atoms with Gasteiger partial charge in [-0.15, -0.1) is 0 Å². The lowest BCUT2D eigenvalue weighted by Gasteiger charge is -2.10. The molecule has 2 aromatic carbocycles. The predicted molar refractivity (Wildman–Crippen MR) is 91.1 cm³/mol. The quantitative estimate of drug-likeness (QED) is 0.765. The molecule has 0 saturated carbocycles. The number of methoxy groups -OCH3 is 1. The normalized spacial score (nSPS) is 12.1. The Bertz CT molecular complexity index is 917. The number of ether oxygens (including phenoxy) is 2. The van der Waals surface area contributed by atoms with Gasteiger partial charge in [-0.25, -0.2) is 14.4 Å². The van der Waals surface area contributed by atoms with Gasteiger partial charge in [-0.1, -0.05) is 22.8 Å². The monoisotopic (exact) mass is 345 g/mol. The van der Waals surface area contributed by atoms with Crippen molar-refractivity contribution in [3.63, 3.8) is 0 Å². The van der Waals surface area contributed by atoms with Crippen molar-refractivity contribution in [2.45, 2.75) is 11.5 Å². The first-order valence-electron chi connectivity index (χ1n) is 7.15. The van der Waals surface area contributed by atoms with E-state index in [1.54, 1.807) is 0 Å². The van der Waals surface area contributed by atoms with Gasteiger partial charge in [-0.2, -0.15) is 0 Å². The first-order chi connectivity index (χ1) is 11.6. The third-order valence-corrected chi connectivity index (χ3v) is 4.46. The molecule has 3 rings (SSSR count).